The molecular weight excluding hydrogens is 310 g/mol. The predicted octanol–water partition coefficient (Wildman–Crippen LogP) is 1.91. The van der Waals surface area contributed by atoms with Crippen molar-refractivity contribution in [2.45, 2.75) is 11.4 Å². The number of sulfone groups is 1. The molecule has 0 radical (unpaired) electrons. The van der Waals surface area contributed by atoms with E-state index >= 15 is 0 Å². The molecule has 2 aromatic heterocycles. The van der Waals surface area contributed by atoms with E-state index in [1.807, 2.05) is 17.5 Å². The highest BCUT2D eigenvalue weighted by Crippen LogP contribution is 2.10. The summed E-state index contributed by atoms with van der Waals surface area (Å²) in [6.45, 7) is 0.529. The summed E-state index contributed by atoms with van der Waals surface area (Å²) in [7, 11) is -3.33. The molecule has 2 N–H and O–H groups in total. The Morgan fingerprint density at radius 1 is 1.33 bits per heavy atom. The van der Waals surface area contributed by atoms with E-state index in [2.05, 4.69) is 15.6 Å². The first-order chi connectivity index (χ1) is 9.95. The third kappa shape index (κ3) is 4.83. The van der Waals surface area contributed by atoms with Crippen LogP contribution < -0.4 is 10.6 Å². The number of urea groups is 1. The Balaban J connectivity index is 1.82. The van der Waals surface area contributed by atoms with Gasteiger partial charge in [0.05, 0.1) is 11.9 Å². The second-order valence-corrected chi connectivity index (χ2v) is 7.36. The van der Waals surface area contributed by atoms with Gasteiger partial charge in [-0.05, 0) is 30.0 Å². The average Bonchev–Trinajstić information content (AvgIpc) is 2.91. The van der Waals surface area contributed by atoms with E-state index in [0.29, 0.717) is 12.2 Å². The summed E-state index contributed by atoms with van der Waals surface area (Å²) in [5.74, 6) is 0. The summed E-state index contributed by atoms with van der Waals surface area (Å²) in [6, 6.07) is 6.49. The summed E-state index contributed by atoms with van der Waals surface area (Å²) in [4.78, 5) is 16.7. The molecule has 0 aliphatic carbocycles. The first-order valence-electron chi connectivity index (χ1n) is 6.18. The molecule has 0 aliphatic heterocycles. The van der Waals surface area contributed by atoms with E-state index in [9.17, 15) is 13.2 Å². The molecule has 8 heteroatoms. The Hall–Kier alpha value is -1.93. The molecule has 0 spiro atoms. The quantitative estimate of drug-likeness (QED) is 0.879. The molecule has 112 valence electrons. The van der Waals surface area contributed by atoms with Crippen LogP contribution in [0.25, 0.3) is 0 Å². The lowest BCUT2D eigenvalue weighted by atomic mass is 10.3. The van der Waals surface area contributed by atoms with Crippen LogP contribution in [0.15, 0.2) is 40.9 Å². The summed E-state index contributed by atoms with van der Waals surface area (Å²) in [5.41, 5.74) is 0.441. The van der Waals surface area contributed by atoms with Crippen LogP contribution >= 0.6 is 11.3 Å². The van der Waals surface area contributed by atoms with Crippen LogP contribution in [0.4, 0.5) is 10.5 Å². The van der Waals surface area contributed by atoms with E-state index in [1.165, 1.54) is 23.2 Å². The van der Waals surface area contributed by atoms with Gasteiger partial charge in [0, 0.05) is 17.7 Å². The Labute approximate surface area is 127 Å². The molecular formula is C13H15N3O3S2. The van der Waals surface area contributed by atoms with Crippen LogP contribution in [0.1, 0.15) is 4.88 Å². The maximum Gasteiger partial charge on any atom is 0.319 e. The topological polar surface area (TPSA) is 88.2 Å². The minimum absolute atomic E-state index is 0.0221. The van der Waals surface area contributed by atoms with Gasteiger partial charge in [-0.25, -0.2) is 18.2 Å². The van der Waals surface area contributed by atoms with Crippen LogP contribution in [-0.2, 0) is 16.3 Å². The van der Waals surface area contributed by atoms with Crippen molar-refractivity contribution >= 4 is 32.9 Å². The highest BCUT2D eigenvalue weighted by molar-refractivity contribution is 7.90. The van der Waals surface area contributed by atoms with Gasteiger partial charge in [-0.15, -0.1) is 11.3 Å². The highest BCUT2D eigenvalue weighted by atomic mass is 32.2. The van der Waals surface area contributed by atoms with Gasteiger partial charge >= 0.3 is 6.03 Å². The van der Waals surface area contributed by atoms with Gasteiger partial charge in [0.15, 0.2) is 14.9 Å². The average molecular weight is 325 g/mol. The van der Waals surface area contributed by atoms with Crippen molar-refractivity contribution in [3.63, 3.8) is 0 Å². The Morgan fingerprint density at radius 2 is 2.14 bits per heavy atom. The third-order valence-electron chi connectivity index (χ3n) is 2.61. The molecule has 0 saturated heterocycles. The molecule has 21 heavy (non-hydrogen) atoms. The summed E-state index contributed by atoms with van der Waals surface area (Å²) in [5, 5.41) is 7.29. The van der Waals surface area contributed by atoms with Crippen molar-refractivity contribution in [2.24, 2.45) is 0 Å². The number of thiophene rings is 1. The van der Waals surface area contributed by atoms with Crippen LogP contribution in [0.2, 0.25) is 0 Å². The lowest BCUT2D eigenvalue weighted by molar-refractivity contribution is 0.252. The molecule has 0 aliphatic rings. The fourth-order valence-electron chi connectivity index (χ4n) is 1.60. The largest absolute Gasteiger partial charge is 0.338 e. The van der Waals surface area contributed by atoms with Gasteiger partial charge in [0.25, 0.3) is 0 Å². The Morgan fingerprint density at radius 3 is 2.71 bits per heavy atom. The maximum absolute atomic E-state index is 11.7. The second kappa shape index (κ2) is 6.68. The van der Waals surface area contributed by atoms with E-state index in [0.717, 1.165) is 12.7 Å². The SMILES string of the molecule is CS(=O)(=O)c1ccc(NC(=O)NCCc2cccs2)cn1. The van der Waals surface area contributed by atoms with Crippen molar-refractivity contribution in [3.05, 3.63) is 40.7 Å². The highest BCUT2D eigenvalue weighted by Gasteiger charge is 2.09. The number of amides is 2. The van der Waals surface area contributed by atoms with Crippen LogP contribution in [0, 0.1) is 0 Å². The number of carbonyl (C=O) groups excluding carboxylic acids is 1. The molecule has 0 fully saturated rings. The molecule has 6 nitrogen and oxygen atoms in total. The molecule has 0 unspecified atom stereocenters. The van der Waals surface area contributed by atoms with Crippen LogP contribution in [0.5, 0.6) is 0 Å². The number of pyridine rings is 1. The minimum atomic E-state index is -3.33. The van der Waals surface area contributed by atoms with Crippen molar-refractivity contribution in [1.82, 2.24) is 10.3 Å². The first-order valence-corrected chi connectivity index (χ1v) is 8.95. The second-order valence-electron chi connectivity index (χ2n) is 4.37. The number of carbonyl (C=O) groups is 1. The van der Waals surface area contributed by atoms with Crippen molar-refractivity contribution in [2.75, 3.05) is 18.1 Å². The third-order valence-corrected chi connectivity index (χ3v) is 4.55. The van der Waals surface area contributed by atoms with Crippen molar-refractivity contribution in [1.29, 1.82) is 0 Å². The number of aromatic nitrogens is 1. The van der Waals surface area contributed by atoms with Crippen molar-refractivity contribution in [3.8, 4) is 0 Å². The smallest absolute Gasteiger partial charge is 0.319 e. The first kappa shape index (κ1) is 15.5. The fourth-order valence-corrected chi connectivity index (χ4v) is 2.87. The maximum atomic E-state index is 11.7. The van der Waals surface area contributed by atoms with Gasteiger partial charge < -0.3 is 10.6 Å². The molecule has 0 aromatic carbocycles. The Bertz CT molecular complexity index is 695. The number of hydrogen-bond donors (Lipinski definition) is 2. The normalized spacial score (nSPS) is 11.1. The van der Waals surface area contributed by atoms with Crippen LogP contribution in [0.3, 0.4) is 0 Å². The summed E-state index contributed by atoms with van der Waals surface area (Å²) >= 11 is 1.64. The van der Waals surface area contributed by atoms with Gasteiger partial charge in [0.2, 0.25) is 0 Å². The fraction of sp³-hybridized carbons (Fsp3) is 0.231. The number of nitrogens with one attached hydrogen (secondary N) is 2. The van der Waals surface area contributed by atoms with E-state index < -0.39 is 9.84 Å². The monoisotopic (exact) mass is 325 g/mol. The lowest BCUT2D eigenvalue weighted by Gasteiger charge is -2.07. The summed E-state index contributed by atoms with van der Waals surface area (Å²) in [6.07, 6.45) is 3.17. The molecule has 0 atom stereocenters. The van der Waals surface area contributed by atoms with Gasteiger partial charge in [-0.1, -0.05) is 6.07 Å². The molecule has 2 aromatic rings. The zero-order valence-corrected chi connectivity index (χ0v) is 13.0. The molecule has 2 amide bonds. The molecule has 0 saturated carbocycles. The van der Waals surface area contributed by atoms with Gasteiger partial charge in [0.1, 0.15) is 0 Å². The zero-order valence-electron chi connectivity index (χ0n) is 11.4. The molecule has 2 rings (SSSR count). The minimum Gasteiger partial charge on any atom is -0.338 e. The van der Waals surface area contributed by atoms with E-state index in [1.54, 1.807) is 11.3 Å². The number of rotatable bonds is 5. The van der Waals surface area contributed by atoms with Crippen molar-refractivity contribution < 1.29 is 13.2 Å². The number of nitrogens with zero attached hydrogens (tertiary/aromatic N) is 1. The van der Waals surface area contributed by atoms with E-state index in [-0.39, 0.29) is 11.1 Å². The summed E-state index contributed by atoms with van der Waals surface area (Å²) < 4.78 is 22.5. The Kier molecular flexibility index (Phi) is 4.92. The predicted molar refractivity (Wildman–Crippen MR) is 82.4 cm³/mol. The van der Waals surface area contributed by atoms with E-state index in [4.69, 9.17) is 0 Å². The van der Waals surface area contributed by atoms with Gasteiger partial charge in [-0.3, -0.25) is 0 Å². The standard InChI is InChI=1S/C13H15N3O3S2/c1-21(18,19)12-5-4-10(9-15-12)16-13(17)14-7-6-11-3-2-8-20-11/h2-5,8-9H,6-7H2,1H3,(H2,14,16,17). The molecule has 2 heterocycles. The molecule has 0 bridgehead atoms. The van der Waals surface area contributed by atoms with Gasteiger partial charge in [-0.2, -0.15) is 0 Å². The lowest BCUT2D eigenvalue weighted by Crippen LogP contribution is -2.30. The van der Waals surface area contributed by atoms with Crippen LogP contribution in [-0.4, -0.2) is 32.2 Å². The zero-order chi connectivity index (χ0) is 15.3. The number of anilines is 1. The number of hydrogen-bond acceptors (Lipinski definition) is 5.